The van der Waals surface area contributed by atoms with Crippen LogP contribution in [0.5, 0.6) is 5.75 Å². The average molecular weight is 362 g/mol. The van der Waals surface area contributed by atoms with Crippen molar-refractivity contribution < 1.29 is 13.9 Å². The summed E-state index contributed by atoms with van der Waals surface area (Å²) in [5, 5.41) is 3.98. The third-order valence-electron chi connectivity index (χ3n) is 5.91. The van der Waals surface area contributed by atoms with Crippen LogP contribution in [0.15, 0.2) is 18.2 Å². The van der Waals surface area contributed by atoms with Gasteiger partial charge in [-0.15, -0.1) is 11.3 Å². The predicted molar refractivity (Wildman–Crippen MR) is 98.0 cm³/mol. The summed E-state index contributed by atoms with van der Waals surface area (Å²) < 4.78 is 19.9. The highest BCUT2D eigenvalue weighted by atomic mass is 32.1. The van der Waals surface area contributed by atoms with Crippen molar-refractivity contribution in [3.8, 4) is 5.75 Å². The standard InChI is InChI=1S/C19H23FN2O2S/c1-19(2)17(11-6-8-22(19)9-7-11)21-18(23)14-10-12-4-5-13(24-3)15(20)16(12)25-14/h4-5,10-11,17H,6-9H2,1-3H3,(H,21,23). The first-order chi connectivity index (χ1) is 11.9. The fourth-order valence-electron chi connectivity index (χ4n) is 4.41. The van der Waals surface area contributed by atoms with Gasteiger partial charge in [0.25, 0.3) is 5.91 Å². The van der Waals surface area contributed by atoms with Crippen molar-refractivity contribution in [1.82, 2.24) is 10.2 Å². The second-order valence-corrected chi connectivity index (χ2v) is 8.59. The Kier molecular flexibility index (Phi) is 4.00. The number of thiophene rings is 1. The number of halogens is 1. The molecule has 3 aliphatic rings. The maximum Gasteiger partial charge on any atom is 0.261 e. The van der Waals surface area contributed by atoms with Crippen molar-refractivity contribution in [1.29, 1.82) is 0 Å². The number of amides is 1. The second-order valence-electron chi connectivity index (χ2n) is 7.54. The molecule has 2 bridgehead atoms. The van der Waals surface area contributed by atoms with Gasteiger partial charge in [0.1, 0.15) is 0 Å². The number of nitrogens with zero attached hydrogens (tertiary/aromatic N) is 1. The zero-order valence-electron chi connectivity index (χ0n) is 14.8. The Morgan fingerprint density at radius 2 is 2.08 bits per heavy atom. The highest BCUT2D eigenvalue weighted by Crippen LogP contribution is 2.39. The van der Waals surface area contributed by atoms with E-state index in [0.29, 0.717) is 15.5 Å². The Bertz CT molecular complexity index is 824. The minimum absolute atomic E-state index is 0.0397. The van der Waals surface area contributed by atoms with Crippen molar-refractivity contribution in [3.05, 3.63) is 28.9 Å². The fourth-order valence-corrected chi connectivity index (χ4v) is 5.40. The van der Waals surface area contributed by atoms with Gasteiger partial charge in [0.15, 0.2) is 11.6 Å². The van der Waals surface area contributed by atoms with Crippen molar-refractivity contribution >= 4 is 27.3 Å². The quantitative estimate of drug-likeness (QED) is 0.906. The number of fused-ring (bicyclic) bond motifs is 4. The molecule has 1 aromatic heterocycles. The number of rotatable bonds is 3. The van der Waals surface area contributed by atoms with Gasteiger partial charge in [0, 0.05) is 11.6 Å². The van der Waals surface area contributed by atoms with Crippen LogP contribution in [-0.4, -0.2) is 42.6 Å². The summed E-state index contributed by atoms with van der Waals surface area (Å²) in [6, 6.07) is 5.30. The maximum atomic E-state index is 14.4. The number of benzene rings is 1. The first-order valence-corrected chi connectivity index (χ1v) is 9.55. The summed E-state index contributed by atoms with van der Waals surface area (Å²) in [4.78, 5) is 15.9. The molecule has 4 nitrogen and oxygen atoms in total. The molecule has 4 heterocycles. The van der Waals surface area contributed by atoms with E-state index in [1.807, 2.05) is 0 Å². The van der Waals surface area contributed by atoms with E-state index in [2.05, 4.69) is 24.1 Å². The minimum atomic E-state index is -0.396. The molecule has 134 valence electrons. The van der Waals surface area contributed by atoms with Gasteiger partial charge >= 0.3 is 0 Å². The zero-order chi connectivity index (χ0) is 17.8. The van der Waals surface area contributed by atoms with E-state index in [4.69, 9.17) is 4.74 Å². The minimum Gasteiger partial charge on any atom is -0.494 e. The molecule has 6 heteroatoms. The van der Waals surface area contributed by atoms with E-state index in [-0.39, 0.29) is 23.2 Å². The Balaban J connectivity index is 1.61. The zero-order valence-corrected chi connectivity index (χ0v) is 15.6. The van der Waals surface area contributed by atoms with Crippen LogP contribution < -0.4 is 10.1 Å². The van der Waals surface area contributed by atoms with Gasteiger partial charge in [-0.2, -0.15) is 0 Å². The molecule has 3 aliphatic heterocycles. The van der Waals surface area contributed by atoms with Crippen molar-refractivity contribution in [2.45, 2.75) is 38.3 Å². The average Bonchev–Trinajstić information content (AvgIpc) is 3.04. The van der Waals surface area contributed by atoms with Crippen LogP contribution in [0, 0.1) is 11.7 Å². The van der Waals surface area contributed by atoms with Crippen LogP contribution in [0.25, 0.3) is 10.1 Å². The van der Waals surface area contributed by atoms with Crippen LogP contribution >= 0.6 is 11.3 Å². The van der Waals surface area contributed by atoms with E-state index in [0.717, 1.165) is 31.3 Å². The Labute approximate surface area is 151 Å². The molecule has 25 heavy (non-hydrogen) atoms. The number of carbonyl (C=O) groups is 1. The van der Waals surface area contributed by atoms with Crippen LogP contribution in [-0.2, 0) is 0 Å². The topological polar surface area (TPSA) is 41.6 Å². The first-order valence-electron chi connectivity index (χ1n) is 8.74. The van der Waals surface area contributed by atoms with E-state index in [9.17, 15) is 9.18 Å². The molecule has 0 spiro atoms. The monoisotopic (exact) mass is 362 g/mol. The maximum absolute atomic E-state index is 14.4. The third kappa shape index (κ3) is 2.62. The molecule has 0 saturated carbocycles. The van der Waals surface area contributed by atoms with Crippen molar-refractivity contribution in [2.24, 2.45) is 5.92 Å². The van der Waals surface area contributed by atoms with E-state index < -0.39 is 5.82 Å². The van der Waals surface area contributed by atoms with Crippen LogP contribution in [0.3, 0.4) is 0 Å². The summed E-state index contributed by atoms with van der Waals surface area (Å²) in [6.07, 6.45) is 2.26. The first kappa shape index (κ1) is 16.8. The number of hydrogen-bond acceptors (Lipinski definition) is 4. The summed E-state index contributed by atoms with van der Waals surface area (Å²) in [5.41, 5.74) is -0.0397. The molecule has 2 aromatic rings. The molecule has 3 fully saturated rings. The predicted octanol–water partition coefficient (Wildman–Crippen LogP) is 3.65. The highest BCUT2D eigenvalue weighted by Gasteiger charge is 2.48. The molecule has 1 aromatic carbocycles. The van der Waals surface area contributed by atoms with Gasteiger partial charge in [0.2, 0.25) is 0 Å². The van der Waals surface area contributed by atoms with Gasteiger partial charge in [-0.25, -0.2) is 4.39 Å². The summed E-state index contributed by atoms with van der Waals surface area (Å²) >= 11 is 1.19. The van der Waals surface area contributed by atoms with Crippen LogP contribution in [0.2, 0.25) is 0 Å². The molecule has 1 N–H and O–H groups in total. The highest BCUT2D eigenvalue weighted by molar-refractivity contribution is 7.20. The number of ether oxygens (including phenoxy) is 1. The molecular formula is C19H23FN2O2S. The summed E-state index contributed by atoms with van der Waals surface area (Å²) in [5.74, 6) is 0.230. The SMILES string of the molecule is COc1ccc2cc(C(=O)NC3C4CCN(CC4)C3(C)C)sc2c1F. The molecule has 1 amide bonds. The van der Waals surface area contributed by atoms with Gasteiger partial charge in [0.05, 0.1) is 16.7 Å². The summed E-state index contributed by atoms with van der Waals surface area (Å²) in [6.45, 7) is 6.63. The number of methoxy groups -OCH3 is 1. The lowest BCUT2D eigenvalue weighted by Crippen LogP contribution is -2.69. The van der Waals surface area contributed by atoms with Gasteiger partial charge < -0.3 is 10.1 Å². The van der Waals surface area contributed by atoms with Crippen LogP contribution in [0.1, 0.15) is 36.4 Å². The normalized spacial score (nSPS) is 27.4. The number of nitrogens with one attached hydrogen (secondary N) is 1. The van der Waals surface area contributed by atoms with Gasteiger partial charge in [-0.05, 0) is 69.3 Å². The molecule has 1 atom stereocenters. The Hall–Kier alpha value is -1.66. The van der Waals surface area contributed by atoms with Crippen LogP contribution in [0.4, 0.5) is 4.39 Å². The van der Waals surface area contributed by atoms with Gasteiger partial charge in [-0.1, -0.05) is 0 Å². The number of hydrogen-bond donors (Lipinski definition) is 1. The molecular weight excluding hydrogens is 339 g/mol. The molecule has 0 aliphatic carbocycles. The smallest absolute Gasteiger partial charge is 0.261 e. The molecule has 1 unspecified atom stereocenters. The van der Waals surface area contributed by atoms with E-state index in [1.54, 1.807) is 18.2 Å². The second kappa shape index (κ2) is 5.95. The Morgan fingerprint density at radius 1 is 1.36 bits per heavy atom. The van der Waals surface area contributed by atoms with E-state index >= 15 is 0 Å². The van der Waals surface area contributed by atoms with E-state index in [1.165, 1.54) is 18.4 Å². The number of carbonyl (C=O) groups excluding carboxylic acids is 1. The lowest BCUT2D eigenvalue weighted by Gasteiger charge is -2.56. The summed E-state index contributed by atoms with van der Waals surface area (Å²) in [7, 11) is 1.45. The lowest BCUT2D eigenvalue weighted by atomic mass is 9.72. The molecule has 5 rings (SSSR count). The molecule has 3 saturated heterocycles. The van der Waals surface area contributed by atoms with Crippen molar-refractivity contribution in [2.75, 3.05) is 20.2 Å². The largest absolute Gasteiger partial charge is 0.494 e. The number of piperidine rings is 3. The fraction of sp³-hybridized carbons (Fsp3) is 0.526. The molecule has 0 radical (unpaired) electrons. The lowest BCUT2D eigenvalue weighted by molar-refractivity contribution is -0.0377. The van der Waals surface area contributed by atoms with Crippen molar-refractivity contribution in [3.63, 3.8) is 0 Å². The third-order valence-corrected chi connectivity index (χ3v) is 7.05. The van der Waals surface area contributed by atoms with Gasteiger partial charge in [-0.3, -0.25) is 9.69 Å². The Morgan fingerprint density at radius 3 is 2.72 bits per heavy atom.